The minimum Gasteiger partial charge on any atom is -0.343 e. The van der Waals surface area contributed by atoms with Crippen molar-refractivity contribution in [3.8, 4) is 0 Å². The van der Waals surface area contributed by atoms with Gasteiger partial charge in [0.1, 0.15) is 5.01 Å². The van der Waals surface area contributed by atoms with Crippen LogP contribution in [0.2, 0.25) is 0 Å². The number of anilines is 1. The lowest BCUT2D eigenvalue weighted by Gasteiger charge is -2.57. The van der Waals surface area contributed by atoms with Gasteiger partial charge in [0.15, 0.2) is 0 Å². The normalized spacial score (nSPS) is 36.5. The molecule has 0 unspecified atom stereocenters. The van der Waals surface area contributed by atoms with Crippen LogP contribution < -0.4 is 4.90 Å². The summed E-state index contributed by atoms with van der Waals surface area (Å²) >= 11 is 1.80. The van der Waals surface area contributed by atoms with Crippen molar-refractivity contribution < 1.29 is 4.79 Å². The average molecular weight is 429 g/mol. The smallest absolute Gasteiger partial charge is 0.223 e. The first kappa shape index (κ1) is 19.5. The topological polar surface area (TPSA) is 49.3 Å². The number of hydrogen-bond donors (Lipinski definition) is 0. The molecule has 1 aromatic rings. The van der Waals surface area contributed by atoms with Gasteiger partial charge in [-0.05, 0) is 74.5 Å². The third kappa shape index (κ3) is 3.67. The van der Waals surface area contributed by atoms with Gasteiger partial charge in [-0.25, -0.2) is 0 Å². The molecule has 2 heterocycles. The Morgan fingerprint density at radius 2 is 1.53 bits per heavy atom. The molecule has 5 saturated carbocycles. The van der Waals surface area contributed by atoms with Crippen molar-refractivity contribution in [2.45, 2.75) is 83.0 Å². The highest BCUT2D eigenvalue weighted by molar-refractivity contribution is 7.15. The van der Waals surface area contributed by atoms with E-state index in [1.807, 2.05) is 0 Å². The Kier molecular flexibility index (Phi) is 5.04. The Bertz CT molecular complexity index is 743. The lowest BCUT2D eigenvalue weighted by molar-refractivity contribution is -0.139. The van der Waals surface area contributed by atoms with Crippen molar-refractivity contribution in [3.05, 3.63) is 5.01 Å². The number of rotatable bonds is 4. The lowest BCUT2D eigenvalue weighted by Crippen LogP contribution is -2.52. The largest absolute Gasteiger partial charge is 0.343 e. The van der Waals surface area contributed by atoms with Crippen LogP contribution >= 0.6 is 11.3 Å². The van der Waals surface area contributed by atoms with Crippen molar-refractivity contribution in [1.82, 2.24) is 15.1 Å². The third-order valence-electron chi connectivity index (χ3n) is 8.98. The Morgan fingerprint density at radius 3 is 2.17 bits per heavy atom. The van der Waals surface area contributed by atoms with Gasteiger partial charge in [0.25, 0.3) is 0 Å². The fraction of sp³-hybridized carbons (Fsp3) is 0.875. The Balaban J connectivity index is 1.04. The molecule has 5 nitrogen and oxygen atoms in total. The number of carbonyl (C=O) groups is 1. The molecule has 5 aliphatic carbocycles. The second-order valence-corrected chi connectivity index (χ2v) is 12.2. The van der Waals surface area contributed by atoms with E-state index in [-0.39, 0.29) is 0 Å². The fourth-order valence-corrected chi connectivity index (χ4v) is 9.02. The quantitative estimate of drug-likeness (QED) is 0.688. The molecule has 7 rings (SSSR count). The van der Waals surface area contributed by atoms with Gasteiger partial charge in [-0.3, -0.25) is 4.79 Å². The van der Waals surface area contributed by atoms with Crippen LogP contribution in [-0.2, 0) is 4.79 Å². The Morgan fingerprint density at radius 1 is 0.900 bits per heavy atom. The van der Waals surface area contributed by atoms with E-state index in [0.29, 0.717) is 17.2 Å². The van der Waals surface area contributed by atoms with Crippen molar-refractivity contribution >= 4 is 22.4 Å². The molecule has 1 amide bonds. The molecular weight excluding hydrogens is 392 g/mol. The van der Waals surface area contributed by atoms with Gasteiger partial charge in [0.2, 0.25) is 11.0 Å². The molecule has 4 bridgehead atoms. The number of amides is 1. The summed E-state index contributed by atoms with van der Waals surface area (Å²) in [4.78, 5) is 17.7. The van der Waals surface area contributed by atoms with Gasteiger partial charge in [-0.15, -0.1) is 10.2 Å². The second-order valence-electron chi connectivity index (χ2n) is 11.2. The highest BCUT2D eigenvalue weighted by Crippen LogP contribution is 2.61. The molecule has 6 heteroatoms. The zero-order valence-corrected chi connectivity index (χ0v) is 19.0. The number of hydrogen-bond acceptors (Lipinski definition) is 5. The summed E-state index contributed by atoms with van der Waals surface area (Å²) in [5.74, 6) is 3.84. The van der Waals surface area contributed by atoms with Crippen LogP contribution in [0.5, 0.6) is 0 Å². The zero-order valence-electron chi connectivity index (χ0n) is 18.2. The van der Waals surface area contributed by atoms with Crippen LogP contribution in [0.25, 0.3) is 0 Å². The maximum absolute atomic E-state index is 13.2. The number of nitrogens with zero attached hydrogens (tertiary/aromatic N) is 4. The predicted molar refractivity (Wildman–Crippen MR) is 120 cm³/mol. The first-order valence-corrected chi connectivity index (χ1v) is 13.3. The SMILES string of the molecule is O=C(CC12CC3CC(CC(C3)C1)C2)N1CCN(c2nnc(C3CCCCC3)s2)CC1. The zero-order chi connectivity index (χ0) is 20.1. The molecule has 0 aromatic carbocycles. The van der Waals surface area contributed by atoms with Gasteiger partial charge < -0.3 is 9.80 Å². The molecule has 1 aliphatic heterocycles. The summed E-state index contributed by atoms with van der Waals surface area (Å²) in [5, 5.41) is 11.4. The van der Waals surface area contributed by atoms with Crippen LogP contribution in [0.4, 0.5) is 5.13 Å². The summed E-state index contributed by atoms with van der Waals surface area (Å²) in [7, 11) is 0. The molecular formula is C24H36N4OS. The van der Waals surface area contributed by atoms with Crippen molar-refractivity contribution in [3.63, 3.8) is 0 Å². The minimum absolute atomic E-state index is 0.358. The third-order valence-corrected chi connectivity index (χ3v) is 10.1. The van der Waals surface area contributed by atoms with Gasteiger partial charge in [-0.2, -0.15) is 0 Å². The second kappa shape index (κ2) is 7.75. The van der Waals surface area contributed by atoms with E-state index in [4.69, 9.17) is 0 Å². The molecule has 30 heavy (non-hydrogen) atoms. The molecule has 164 valence electrons. The van der Waals surface area contributed by atoms with Crippen molar-refractivity contribution in [1.29, 1.82) is 0 Å². The molecule has 6 fully saturated rings. The van der Waals surface area contributed by atoms with E-state index in [1.54, 1.807) is 11.3 Å². The first-order chi connectivity index (χ1) is 14.7. The van der Waals surface area contributed by atoms with Crippen LogP contribution in [0, 0.1) is 23.2 Å². The summed E-state index contributed by atoms with van der Waals surface area (Å²) in [6.45, 7) is 3.52. The molecule has 0 spiro atoms. The highest BCUT2D eigenvalue weighted by Gasteiger charge is 2.51. The van der Waals surface area contributed by atoms with E-state index in [2.05, 4.69) is 20.0 Å². The summed E-state index contributed by atoms with van der Waals surface area (Å²) < 4.78 is 0. The highest BCUT2D eigenvalue weighted by atomic mass is 32.1. The summed E-state index contributed by atoms with van der Waals surface area (Å²) in [6.07, 6.45) is 15.8. The van der Waals surface area contributed by atoms with Crippen LogP contribution in [-0.4, -0.2) is 47.2 Å². The van der Waals surface area contributed by atoms with Gasteiger partial charge >= 0.3 is 0 Å². The number of piperazine rings is 1. The average Bonchev–Trinajstić information content (AvgIpc) is 3.23. The molecule has 1 saturated heterocycles. The van der Waals surface area contributed by atoms with E-state index in [9.17, 15) is 4.79 Å². The molecule has 0 radical (unpaired) electrons. The predicted octanol–water partition coefficient (Wildman–Crippen LogP) is 4.84. The Labute approximate surface area is 184 Å². The van der Waals surface area contributed by atoms with Crippen LogP contribution in [0.1, 0.15) is 88.0 Å². The standard InChI is InChI=1S/C24H36N4OS/c29-21(16-24-13-17-10-18(14-24)12-19(11-17)15-24)27-6-8-28(9-7-27)23-26-25-22(30-23)20-4-2-1-3-5-20/h17-20H,1-16H2. The first-order valence-electron chi connectivity index (χ1n) is 12.5. The van der Waals surface area contributed by atoms with Gasteiger partial charge in [0, 0.05) is 38.5 Å². The number of carbonyl (C=O) groups excluding carboxylic acids is 1. The number of aromatic nitrogens is 2. The molecule has 1 aromatic heterocycles. The van der Waals surface area contributed by atoms with E-state index < -0.39 is 0 Å². The maximum atomic E-state index is 13.2. The van der Waals surface area contributed by atoms with Crippen LogP contribution in [0.3, 0.4) is 0 Å². The van der Waals surface area contributed by atoms with E-state index in [1.165, 1.54) is 75.6 Å². The van der Waals surface area contributed by atoms with Gasteiger partial charge in [0.05, 0.1) is 0 Å². The maximum Gasteiger partial charge on any atom is 0.223 e. The Hall–Kier alpha value is -1.17. The fourth-order valence-electron chi connectivity index (χ4n) is 7.95. The van der Waals surface area contributed by atoms with Gasteiger partial charge in [-0.1, -0.05) is 30.6 Å². The van der Waals surface area contributed by atoms with Crippen molar-refractivity contribution in [2.75, 3.05) is 31.1 Å². The minimum atomic E-state index is 0.358. The van der Waals surface area contributed by atoms with Crippen molar-refractivity contribution in [2.24, 2.45) is 23.2 Å². The summed E-state index contributed by atoms with van der Waals surface area (Å²) in [5.41, 5.74) is 0.358. The van der Waals surface area contributed by atoms with E-state index in [0.717, 1.165) is 55.5 Å². The molecule has 0 N–H and O–H groups in total. The molecule has 0 atom stereocenters. The molecule has 6 aliphatic rings. The monoisotopic (exact) mass is 428 g/mol. The van der Waals surface area contributed by atoms with E-state index >= 15 is 0 Å². The van der Waals surface area contributed by atoms with Crippen LogP contribution in [0.15, 0.2) is 0 Å². The summed E-state index contributed by atoms with van der Waals surface area (Å²) in [6, 6.07) is 0. The lowest BCUT2D eigenvalue weighted by atomic mass is 9.49.